The topological polar surface area (TPSA) is 37.3 Å². The predicted molar refractivity (Wildman–Crippen MR) is 72.3 cm³/mol. The quantitative estimate of drug-likeness (QED) is 0.831. The summed E-state index contributed by atoms with van der Waals surface area (Å²) in [6.07, 6.45) is 1.25. The van der Waals surface area contributed by atoms with E-state index in [1.807, 2.05) is 61.5 Å². The van der Waals surface area contributed by atoms with Crippen molar-refractivity contribution in [2.45, 2.75) is 6.92 Å². The Morgan fingerprint density at radius 3 is 2.06 bits per heavy atom. The Hall–Kier alpha value is -2.35. The Balaban J connectivity index is 2.51. The molecular weight excluding hydrogens is 224 g/mol. The highest BCUT2D eigenvalue weighted by atomic mass is 16.4. The van der Waals surface area contributed by atoms with E-state index < -0.39 is 5.97 Å². The molecule has 0 aliphatic carbocycles. The fourth-order valence-corrected chi connectivity index (χ4v) is 1.81. The molecule has 2 nitrogen and oxygen atoms in total. The van der Waals surface area contributed by atoms with Crippen molar-refractivity contribution in [2.75, 3.05) is 0 Å². The first kappa shape index (κ1) is 12.1. The first-order valence-corrected chi connectivity index (χ1v) is 5.74. The Bertz CT molecular complexity index is 566. The number of carboxylic acid groups (broad SMARTS) is 1. The maximum Gasteiger partial charge on any atom is 0.328 e. The Kier molecular flexibility index (Phi) is 3.58. The second kappa shape index (κ2) is 5.32. The van der Waals surface area contributed by atoms with Gasteiger partial charge in [-0.3, -0.25) is 0 Å². The molecule has 0 atom stereocenters. The zero-order valence-electron chi connectivity index (χ0n) is 10.1. The van der Waals surface area contributed by atoms with Gasteiger partial charge in [-0.25, -0.2) is 4.79 Å². The first-order chi connectivity index (χ1) is 8.66. The highest BCUT2D eigenvalue weighted by molar-refractivity contribution is 5.95. The smallest absolute Gasteiger partial charge is 0.328 e. The molecule has 0 aromatic heterocycles. The average molecular weight is 238 g/mol. The standard InChI is InChI=1S/C16H14O2/c1-12-7-9-14(10-8-12)15(11-16(17)18)13-5-3-2-4-6-13/h2-11H,1H3,(H,17,18)/b15-11+. The molecule has 0 fully saturated rings. The molecule has 0 saturated carbocycles. The van der Waals surface area contributed by atoms with Crippen molar-refractivity contribution in [3.63, 3.8) is 0 Å². The third-order valence-electron chi connectivity index (χ3n) is 2.72. The van der Waals surface area contributed by atoms with Crippen molar-refractivity contribution in [2.24, 2.45) is 0 Å². The van der Waals surface area contributed by atoms with Gasteiger partial charge >= 0.3 is 5.97 Å². The minimum Gasteiger partial charge on any atom is -0.478 e. The summed E-state index contributed by atoms with van der Waals surface area (Å²) in [6, 6.07) is 17.4. The van der Waals surface area contributed by atoms with E-state index in [0.29, 0.717) is 0 Å². The fraction of sp³-hybridized carbons (Fsp3) is 0.0625. The minimum atomic E-state index is -0.936. The van der Waals surface area contributed by atoms with Crippen molar-refractivity contribution in [1.82, 2.24) is 0 Å². The molecular formula is C16H14O2. The fourth-order valence-electron chi connectivity index (χ4n) is 1.81. The van der Waals surface area contributed by atoms with Gasteiger partial charge in [0.2, 0.25) is 0 Å². The van der Waals surface area contributed by atoms with Gasteiger partial charge in [0.1, 0.15) is 0 Å². The lowest BCUT2D eigenvalue weighted by Crippen LogP contribution is -1.94. The Morgan fingerprint density at radius 1 is 0.944 bits per heavy atom. The van der Waals surface area contributed by atoms with Gasteiger partial charge in [0.05, 0.1) is 0 Å². The van der Waals surface area contributed by atoms with Gasteiger partial charge in [-0.05, 0) is 23.6 Å². The lowest BCUT2D eigenvalue weighted by atomic mass is 9.97. The molecule has 90 valence electrons. The van der Waals surface area contributed by atoms with Gasteiger partial charge in [-0.15, -0.1) is 0 Å². The van der Waals surface area contributed by atoms with Crippen LogP contribution in [0.1, 0.15) is 16.7 Å². The van der Waals surface area contributed by atoms with E-state index in [0.717, 1.165) is 22.3 Å². The SMILES string of the molecule is Cc1ccc(/C(=C/C(=O)O)c2ccccc2)cc1. The normalized spacial score (nSPS) is 11.3. The third kappa shape index (κ3) is 2.86. The maximum absolute atomic E-state index is 10.9. The monoisotopic (exact) mass is 238 g/mol. The second-order valence-corrected chi connectivity index (χ2v) is 4.13. The molecule has 0 aliphatic rings. The average Bonchev–Trinajstić information content (AvgIpc) is 2.38. The van der Waals surface area contributed by atoms with Crippen LogP contribution in [-0.4, -0.2) is 11.1 Å². The molecule has 2 heteroatoms. The highest BCUT2D eigenvalue weighted by Crippen LogP contribution is 2.23. The molecule has 2 aromatic rings. The van der Waals surface area contributed by atoms with E-state index in [1.165, 1.54) is 6.08 Å². The third-order valence-corrected chi connectivity index (χ3v) is 2.72. The Morgan fingerprint density at radius 2 is 1.50 bits per heavy atom. The van der Waals surface area contributed by atoms with Crippen LogP contribution in [0.3, 0.4) is 0 Å². The number of aryl methyl sites for hydroxylation is 1. The number of hydrogen-bond donors (Lipinski definition) is 1. The molecule has 0 heterocycles. The molecule has 0 spiro atoms. The molecule has 2 aromatic carbocycles. The van der Waals surface area contributed by atoms with E-state index in [9.17, 15) is 4.79 Å². The van der Waals surface area contributed by atoms with Crippen LogP contribution in [0.15, 0.2) is 60.7 Å². The summed E-state index contributed by atoms with van der Waals surface area (Å²) < 4.78 is 0. The van der Waals surface area contributed by atoms with Crippen LogP contribution in [0.25, 0.3) is 5.57 Å². The van der Waals surface area contributed by atoms with Crippen LogP contribution < -0.4 is 0 Å². The van der Waals surface area contributed by atoms with Crippen LogP contribution in [0.5, 0.6) is 0 Å². The zero-order valence-corrected chi connectivity index (χ0v) is 10.1. The summed E-state index contributed by atoms with van der Waals surface area (Å²) in [5.41, 5.74) is 3.70. The number of rotatable bonds is 3. The van der Waals surface area contributed by atoms with Gasteiger partial charge in [0, 0.05) is 6.08 Å². The number of carbonyl (C=O) groups is 1. The van der Waals surface area contributed by atoms with E-state index in [2.05, 4.69) is 0 Å². The Labute approximate surface area is 106 Å². The van der Waals surface area contributed by atoms with Gasteiger partial charge in [0.15, 0.2) is 0 Å². The molecule has 0 bridgehead atoms. The first-order valence-electron chi connectivity index (χ1n) is 5.74. The highest BCUT2D eigenvalue weighted by Gasteiger charge is 2.06. The number of carboxylic acids is 1. The molecule has 0 saturated heterocycles. The van der Waals surface area contributed by atoms with Crippen molar-refractivity contribution in [3.8, 4) is 0 Å². The van der Waals surface area contributed by atoms with Crippen LogP contribution in [0.2, 0.25) is 0 Å². The summed E-state index contributed by atoms with van der Waals surface area (Å²) in [7, 11) is 0. The molecule has 0 amide bonds. The van der Waals surface area contributed by atoms with E-state index in [-0.39, 0.29) is 0 Å². The molecule has 18 heavy (non-hydrogen) atoms. The largest absolute Gasteiger partial charge is 0.478 e. The second-order valence-electron chi connectivity index (χ2n) is 4.13. The molecule has 2 rings (SSSR count). The minimum absolute atomic E-state index is 0.725. The molecule has 1 N–H and O–H groups in total. The van der Waals surface area contributed by atoms with Crippen LogP contribution >= 0.6 is 0 Å². The molecule has 0 radical (unpaired) electrons. The van der Waals surface area contributed by atoms with Crippen molar-refractivity contribution in [1.29, 1.82) is 0 Å². The number of hydrogen-bond acceptors (Lipinski definition) is 1. The predicted octanol–water partition coefficient (Wildman–Crippen LogP) is 3.51. The molecule has 0 unspecified atom stereocenters. The van der Waals surface area contributed by atoms with E-state index in [1.54, 1.807) is 0 Å². The van der Waals surface area contributed by atoms with Crippen LogP contribution in [-0.2, 0) is 4.79 Å². The van der Waals surface area contributed by atoms with Crippen molar-refractivity contribution < 1.29 is 9.90 Å². The maximum atomic E-state index is 10.9. The van der Waals surface area contributed by atoms with Gasteiger partial charge in [0.25, 0.3) is 0 Å². The number of benzene rings is 2. The summed E-state index contributed by atoms with van der Waals surface area (Å²) in [6.45, 7) is 2.01. The van der Waals surface area contributed by atoms with Crippen LogP contribution in [0, 0.1) is 6.92 Å². The summed E-state index contributed by atoms with van der Waals surface area (Å²) in [4.78, 5) is 10.9. The van der Waals surface area contributed by atoms with E-state index >= 15 is 0 Å². The zero-order chi connectivity index (χ0) is 13.0. The van der Waals surface area contributed by atoms with Gasteiger partial charge in [-0.2, -0.15) is 0 Å². The van der Waals surface area contributed by atoms with Crippen molar-refractivity contribution in [3.05, 3.63) is 77.4 Å². The molecule has 0 aliphatic heterocycles. The lowest BCUT2D eigenvalue weighted by molar-refractivity contribution is -0.131. The van der Waals surface area contributed by atoms with Gasteiger partial charge in [-0.1, -0.05) is 60.2 Å². The lowest BCUT2D eigenvalue weighted by Gasteiger charge is -2.07. The van der Waals surface area contributed by atoms with Crippen molar-refractivity contribution >= 4 is 11.5 Å². The summed E-state index contributed by atoms with van der Waals surface area (Å²) in [5.74, 6) is -0.936. The summed E-state index contributed by atoms with van der Waals surface area (Å²) >= 11 is 0. The number of aliphatic carboxylic acids is 1. The van der Waals surface area contributed by atoms with Gasteiger partial charge < -0.3 is 5.11 Å². The van der Waals surface area contributed by atoms with E-state index in [4.69, 9.17) is 5.11 Å². The summed E-state index contributed by atoms with van der Waals surface area (Å²) in [5, 5.41) is 8.98. The van der Waals surface area contributed by atoms with Crippen LogP contribution in [0.4, 0.5) is 0 Å².